The highest BCUT2D eigenvalue weighted by molar-refractivity contribution is 7.81. The molecule has 0 heterocycles. The molecule has 1 atom stereocenters. The molecule has 0 aromatic heterocycles. The molecule has 0 aliphatic carbocycles. The maximum Gasteiger partial charge on any atom is 0.318 e. The standard InChI is InChI=1S/C9H18O2S/c1-3-4-5-6-7-8(12)9(10)11-2/h8,12H,3-7H2,1-2H3. The van der Waals surface area contributed by atoms with Crippen molar-refractivity contribution in [3.05, 3.63) is 0 Å². The third-order valence-corrected chi connectivity index (χ3v) is 2.27. The molecule has 0 N–H and O–H groups in total. The molecular weight excluding hydrogens is 172 g/mol. The molecule has 0 bridgehead atoms. The molecule has 72 valence electrons. The number of rotatable bonds is 6. The van der Waals surface area contributed by atoms with Gasteiger partial charge in [-0.2, -0.15) is 12.6 Å². The van der Waals surface area contributed by atoms with Crippen LogP contribution in [0.2, 0.25) is 0 Å². The number of carbonyl (C=O) groups is 1. The molecule has 2 nitrogen and oxygen atoms in total. The van der Waals surface area contributed by atoms with Crippen molar-refractivity contribution in [3.8, 4) is 0 Å². The molecule has 12 heavy (non-hydrogen) atoms. The smallest absolute Gasteiger partial charge is 0.318 e. The van der Waals surface area contributed by atoms with Crippen molar-refractivity contribution in [3.63, 3.8) is 0 Å². The summed E-state index contributed by atoms with van der Waals surface area (Å²) in [5.41, 5.74) is 0. The molecule has 0 aromatic carbocycles. The number of hydrogen-bond donors (Lipinski definition) is 1. The van der Waals surface area contributed by atoms with Gasteiger partial charge in [0.05, 0.1) is 12.4 Å². The Hall–Kier alpha value is -0.180. The van der Waals surface area contributed by atoms with E-state index in [1.807, 2.05) is 0 Å². The summed E-state index contributed by atoms with van der Waals surface area (Å²) in [4.78, 5) is 10.9. The molecule has 0 rings (SSSR count). The van der Waals surface area contributed by atoms with E-state index in [0.29, 0.717) is 0 Å². The van der Waals surface area contributed by atoms with Gasteiger partial charge in [-0.05, 0) is 6.42 Å². The first-order valence-corrected chi connectivity index (χ1v) is 5.00. The van der Waals surface area contributed by atoms with Crippen molar-refractivity contribution in [1.29, 1.82) is 0 Å². The third kappa shape index (κ3) is 5.47. The minimum absolute atomic E-state index is 0.213. The van der Waals surface area contributed by atoms with Gasteiger partial charge in [0, 0.05) is 0 Å². The highest BCUT2D eigenvalue weighted by Crippen LogP contribution is 2.10. The van der Waals surface area contributed by atoms with E-state index in [1.165, 1.54) is 26.4 Å². The molecule has 0 aromatic rings. The first kappa shape index (κ1) is 11.8. The summed E-state index contributed by atoms with van der Waals surface area (Å²) in [5.74, 6) is -0.213. The molecular formula is C9H18O2S. The highest BCUT2D eigenvalue weighted by Gasteiger charge is 2.12. The zero-order valence-corrected chi connectivity index (χ0v) is 8.77. The first-order chi connectivity index (χ1) is 5.72. The average Bonchev–Trinajstić information content (AvgIpc) is 2.10. The number of unbranched alkanes of at least 4 members (excludes halogenated alkanes) is 3. The van der Waals surface area contributed by atoms with Crippen molar-refractivity contribution in [1.82, 2.24) is 0 Å². The average molecular weight is 190 g/mol. The van der Waals surface area contributed by atoms with Gasteiger partial charge in [0.15, 0.2) is 0 Å². The van der Waals surface area contributed by atoms with Crippen LogP contribution in [0.15, 0.2) is 0 Å². The van der Waals surface area contributed by atoms with Crippen LogP contribution in [0.4, 0.5) is 0 Å². The number of thiol groups is 1. The van der Waals surface area contributed by atoms with Crippen LogP contribution in [-0.2, 0) is 9.53 Å². The second-order valence-corrected chi connectivity index (χ2v) is 3.51. The monoisotopic (exact) mass is 190 g/mol. The van der Waals surface area contributed by atoms with Crippen molar-refractivity contribution in [2.24, 2.45) is 0 Å². The van der Waals surface area contributed by atoms with Crippen LogP contribution in [0.25, 0.3) is 0 Å². The van der Waals surface area contributed by atoms with Gasteiger partial charge >= 0.3 is 5.97 Å². The SMILES string of the molecule is CCCCCCC(S)C(=O)OC. The Morgan fingerprint density at radius 2 is 2.08 bits per heavy atom. The Balaban J connectivity index is 3.31. The van der Waals surface area contributed by atoms with Gasteiger partial charge in [-0.3, -0.25) is 4.79 Å². The maximum atomic E-state index is 10.9. The summed E-state index contributed by atoms with van der Waals surface area (Å²) < 4.78 is 4.55. The van der Waals surface area contributed by atoms with Gasteiger partial charge in [0.25, 0.3) is 0 Å². The fourth-order valence-corrected chi connectivity index (χ4v) is 1.31. The Bertz CT molecular complexity index is 126. The normalized spacial score (nSPS) is 12.6. The molecule has 1 unspecified atom stereocenters. The fourth-order valence-electron chi connectivity index (χ4n) is 1.02. The van der Waals surface area contributed by atoms with E-state index in [9.17, 15) is 4.79 Å². The van der Waals surface area contributed by atoms with Gasteiger partial charge in [-0.1, -0.05) is 32.6 Å². The van der Waals surface area contributed by atoms with Gasteiger partial charge in [-0.15, -0.1) is 0 Å². The van der Waals surface area contributed by atoms with Crippen LogP contribution in [0.3, 0.4) is 0 Å². The lowest BCUT2D eigenvalue weighted by atomic mass is 10.1. The van der Waals surface area contributed by atoms with E-state index >= 15 is 0 Å². The number of carbonyl (C=O) groups excluding carboxylic acids is 1. The minimum Gasteiger partial charge on any atom is -0.468 e. The summed E-state index contributed by atoms with van der Waals surface area (Å²) in [6.07, 6.45) is 5.54. The molecule has 0 fully saturated rings. The van der Waals surface area contributed by atoms with E-state index in [0.717, 1.165) is 12.8 Å². The summed E-state index contributed by atoms with van der Waals surface area (Å²) >= 11 is 4.13. The lowest BCUT2D eigenvalue weighted by Gasteiger charge is -2.06. The second-order valence-electron chi connectivity index (χ2n) is 2.89. The van der Waals surface area contributed by atoms with Gasteiger partial charge in [0.2, 0.25) is 0 Å². The summed E-state index contributed by atoms with van der Waals surface area (Å²) in [6, 6.07) is 0. The zero-order valence-electron chi connectivity index (χ0n) is 7.88. The lowest BCUT2D eigenvalue weighted by Crippen LogP contribution is -2.15. The van der Waals surface area contributed by atoms with Gasteiger partial charge in [0.1, 0.15) is 0 Å². The van der Waals surface area contributed by atoms with Crippen molar-refractivity contribution in [2.45, 2.75) is 44.3 Å². The molecule has 0 aliphatic heterocycles. The molecule has 3 heteroatoms. The minimum atomic E-state index is -0.230. The molecule has 0 saturated carbocycles. The molecule has 0 amide bonds. The summed E-state index contributed by atoms with van der Waals surface area (Å²) in [6.45, 7) is 2.17. The van der Waals surface area contributed by atoms with Crippen molar-refractivity contribution in [2.75, 3.05) is 7.11 Å². The van der Waals surface area contributed by atoms with Crippen LogP contribution in [0, 0.1) is 0 Å². The number of hydrogen-bond acceptors (Lipinski definition) is 3. The van der Waals surface area contributed by atoms with Crippen LogP contribution >= 0.6 is 12.6 Å². The Labute approximate surface area is 80.1 Å². The topological polar surface area (TPSA) is 26.3 Å². The van der Waals surface area contributed by atoms with Crippen LogP contribution < -0.4 is 0 Å². The molecule has 0 spiro atoms. The molecule has 0 radical (unpaired) electrons. The van der Waals surface area contributed by atoms with E-state index < -0.39 is 0 Å². The number of esters is 1. The van der Waals surface area contributed by atoms with Crippen LogP contribution in [0.1, 0.15) is 39.0 Å². The summed E-state index contributed by atoms with van der Waals surface area (Å²) in [7, 11) is 1.40. The van der Waals surface area contributed by atoms with E-state index in [1.54, 1.807) is 0 Å². The van der Waals surface area contributed by atoms with Crippen molar-refractivity contribution < 1.29 is 9.53 Å². The summed E-state index contributed by atoms with van der Waals surface area (Å²) in [5, 5.41) is -0.230. The third-order valence-electron chi connectivity index (χ3n) is 1.80. The van der Waals surface area contributed by atoms with Crippen LogP contribution in [0.5, 0.6) is 0 Å². The Kier molecular flexibility index (Phi) is 7.36. The predicted octanol–water partition coefficient (Wildman–Crippen LogP) is 2.43. The highest BCUT2D eigenvalue weighted by atomic mass is 32.1. The molecule has 0 aliphatic rings. The van der Waals surface area contributed by atoms with Gasteiger partial charge < -0.3 is 4.74 Å². The number of methoxy groups -OCH3 is 1. The fraction of sp³-hybridized carbons (Fsp3) is 0.889. The van der Waals surface area contributed by atoms with E-state index in [-0.39, 0.29) is 11.2 Å². The maximum absolute atomic E-state index is 10.9. The Morgan fingerprint density at radius 1 is 1.42 bits per heavy atom. The quantitative estimate of drug-likeness (QED) is 0.395. The van der Waals surface area contributed by atoms with E-state index in [2.05, 4.69) is 24.3 Å². The number of ether oxygens (including phenoxy) is 1. The second kappa shape index (κ2) is 7.47. The lowest BCUT2D eigenvalue weighted by molar-refractivity contribution is -0.140. The first-order valence-electron chi connectivity index (χ1n) is 4.48. The van der Waals surface area contributed by atoms with Gasteiger partial charge in [-0.25, -0.2) is 0 Å². The predicted molar refractivity (Wildman–Crippen MR) is 53.5 cm³/mol. The van der Waals surface area contributed by atoms with E-state index in [4.69, 9.17) is 0 Å². The van der Waals surface area contributed by atoms with Crippen molar-refractivity contribution >= 4 is 18.6 Å². The largest absolute Gasteiger partial charge is 0.468 e. The molecule has 0 saturated heterocycles. The van der Waals surface area contributed by atoms with Crippen LogP contribution in [-0.4, -0.2) is 18.3 Å². The zero-order chi connectivity index (χ0) is 9.40. The Morgan fingerprint density at radius 3 is 2.58 bits per heavy atom.